The summed E-state index contributed by atoms with van der Waals surface area (Å²) in [4.78, 5) is 47.4. The van der Waals surface area contributed by atoms with Crippen molar-refractivity contribution in [3.05, 3.63) is 53.9 Å². The number of carboxylic acids is 3. The van der Waals surface area contributed by atoms with Crippen LogP contribution in [0.1, 0.15) is 36.8 Å². The third kappa shape index (κ3) is 15.1. The minimum Gasteiger partial charge on any atom is -0.493 e. The number of anilines is 1. The van der Waals surface area contributed by atoms with E-state index in [0.29, 0.717) is 37.3 Å². The van der Waals surface area contributed by atoms with Crippen molar-refractivity contribution >= 4 is 29.5 Å². The maximum absolute atomic E-state index is 12.5. The highest BCUT2D eigenvalue weighted by molar-refractivity contribution is 5.79. The van der Waals surface area contributed by atoms with Crippen LogP contribution in [0, 0.1) is 17.2 Å². The number of aryl methyl sites for hydroxylation is 1. The molecule has 1 aliphatic rings. The Morgan fingerprint density at radius 1 is 0.957 bits per heavy atom. The third-order valence-corrected chi connectivity index (χ3v) is 6.06. The van der Waals surface area contributed by atoms with Crippen LogP contribution >= 0.6 is 0 Å². The largest absolute Gasteiger partial charge is 0.493 e. The Morgan fingerprint density at radius 3 is 1.98 bits per heavy atom. The topological polar surface area (TPSA) is 190 Å². The van der Waals surface area contributed by atoms with E-state index in [1.807, 2.05) is 12.1 Å². The summed E-state index contributed by atoms with van der Waals surface area (Å²) in [5.74, 6) is -5.77. The fourth-order valence-electron chi connectivity index (χ4n) is 3.77. The molecule has 0 unspecified atom stereocenters. The molecule has 1 fully saturated rings. The zero-order valence-electron chi connectivity index (χ0n) is 24.0. The SMILES string of the molecule is N#Cc1ccc(CCC(=O)O)c(OCCCNC(=O)C2CCN(c3ccncc3)CC2)c1.O=C(O)C(F)(F)F.O=C(O)C(F)(F)F. The Hall–Kier alpha value is -5.08. The van der Waals surface area contributed by atoms with Crippen LogP contribution in [0.5, 0.6) is 5.75 Å². The second kappa shape index (κ2) is 18.7. The van der Waals surface area contributed by atoms with Gasteiger partial charge in [-0.1, -0.05) is 6.07 Å². The number of nitrogens with one attached hydrogen (secondary N) is 1. The lowest BCUT2D eigenvalue weighted by atomic mass is 9.95. The minimum absolute atomic E-state index is 0.00169. The summed E-state index contributed by atoms with van der Waals surface area (Å²) >= 11 is 0. The lowest BCUT2D eigenvalue weighted by Gasteiger charge is -2.32. The zero-order chi connectivity index (χ0) is 34.9. The number of nitriles is 1. The predicted molar refractivity (Wildman–Crippen MR) is 147 cm³/mol. The Kier molecular flexibility index (Phi) is 15.8. The molecule has 1 amide bonds. The Bertz CT molecular complexity index is 1320. The van der Waals surface area contributed by atoms with Gasteiger partial charge in [0.25, 0.3) is 0 Å². The number of carbonyl (C=O) groups excluding carboxylic acids is 1. The van der Waals surface area contributed by atoms with Gasteiger partial charge in [0.05, 0.1) is 18.2 Å². The lowest BCUT2D eigenvalue weighted by molar-refractivity contribution is -0.193. The van der Waals surface area contributed by atoms with E-state index in [2.05, 4.69) is 21.3 Å². The number of hydrogen-bond donors (Lipinski definition) is 4. The van der Waals surface area contributed by atoms with E-state index in [1.54, 1.807) is 30.6 Å². The van der Waals surface area contributed by atoms with Crippen LogP contribution in [-0.2, 0) is 25.6 Å². The molecule has 0 atom stereocenters. The fraction of sp³-hybridized carbons (Fsp3) is 0.429. The zero-order valence-corrected chi connectivity index (χ0v) is 24.0. The molecule has 1 aliphatic heterocycles. The second-order valence-corrected chi connectivity index (χ2v) is 9.39. The smallest absolute Gasteiger partial charge is 0.490 e. The molecule has 0 aliphatic carbocycles. The average Bonchev–Trinajstić information content (AvgIpc) is 3.00. The molecule has 252 valence electrons. The number of carbonyl (C=O) groups is 4. The fourth-order valence-corrected chi connectivity index (χ4v) is 3.77. The van der Waals surface area contributed by atoms with E-state index in [9.17, 15) is 35.9 Å². The molecule has 0 spiro atoms. The lowest BCUT2D eigenvalue weighted by Crippen LogP contribution is -2.41. The number of rotatable bonds is 10. The van der Waals surface area contributed by atoms with Crippen molar-refractivity contribution in [3.63, 3.8) is 0 Å². The van der Waals surface area contributed by atoms with E-state index in [4.69, 9.17) is 34.9 Å². The van der Waals surface area contributed by atoms with E-state index in [1.165, 1.54) is 0 Å². The number of aliphatic carboxylic acids is 3. The Morgan fingerprint density at radius 2 is 1.50 bits per heavy atom. The van der Waals surface area contributed by atoms with Gasteiger partial charge >= 0.3 is 30.3 Å². The van der Waals surface area contributed by atoms with E-state index >= 15 is 0 Å². The van der Waals surface area contributed by atoms with Gasteiger partial charge in [0.2, 0.25) is 5.91 Å². The quantitative estimate of drug-likeness (QED) is 0.212. The van der Waals surface area contributed by atoms with Crippen molar-refractivity contribution in [3.8, 4) is 11.8 Å². The molecule has 18 heteroatoms. The maximum Gasteiger partial charge on any atom is 0.490 e. The molecule has 46 heavy (non-hydrogen) atoms. The van der Waals surface area contributed by atoms with Crippen molar-refractivity contribution in [2.45, 2.75) is 44.5 Å². The molecule has 0 radical (unpaired) electrons. The highest BCUT2D eigenvalue weighted by atomic mass is 19.4. The van der Waals surface area contributed by atoms with Gasteiger partial charge in [-0.15, -0.1) is 0 Å². The number of piperidine rings is 1. The van der Waals surface area contributed by atoms with Crippen LogP contribution in [0.3, 0.4) is 0 Å². The predicted octanol–water partition coefficient (Wildman–Crippen LogP) is 4.04. The van der Waals surface area contributed by atoms with Gasteiger partial charge in [0.1, 0.15) is 5.75 Å². The molecule has 12 nitrogen and oxygen atoms in total. The van der Waals surface area contributed by atoms with Crippen LogP contribution < -0.4 is 15.0 Å². The number of nitrogens with zero attached hydrogens (tertiary/aromatic N) is 3. The summed E-state index contributed by atoms with van der Waals surface area (Å²) in [6.45, 7) is 2.57. The summed E-state index contributed by atoms with van der Waals surface area (Å²) in [5.41, 5.74) is 2.36. The highest BCUT2D eigenvalue weighted by Crippen LogP contribution is 2.24. The normalized spacial score (nSPS) is 13.1. The third-order valence-electron chi connectivity index (χ3n) is 6.06. The van der Waals surface area contributed by atoms with Crippen molar-refractivity contribution in [1.82, 2.24) is 10.3 Å². The van der Waals surface area contributed by atoms with Gasteiger partial charge in [-0.2, -0.15) is 31.6 Å². The molecule has 0 saturated carbocycles. The molecule has 0 bridgehead atoms. The minimum atomic E-state index is -5.08. The van der Waals surface area contributed by atoms with Gasteiger partial charge in [-0.05, 0) is 55.5 Å². The molecule has 2 aromatic rings. The molecule has 2 heterocycles. The maximum atomic E-state index is 12.5. The van der Waals surface area contributed by atoms with Gasteiger partial charge in [0.15, 0.2) is 0 Å². The van der Waals surface area contributed by atoms with Crippen molar-refractivity contribution in [1.29, 1.82) is 5.26 Å². The molecule has 1 aromatic heterocycles. The molecule has 1 aromatic carbocycles. The summed E-state index contributed by atoms with van der Waals surface area (Å²) in [7, 11) is 0. The second-order valence-electron chi connectivity index (χ2n) is 9.39. The van der Waals surface area contributed by atoms with Gasteiger partial charge in [0, 0.05) is 50.1 Å². The number of pyridine rings is 1. The van der Waals surface area contributed by atoms with Gasteiger partial charge in [-0.3, -0.25) is 14.6 Å². The summed E-state index contributed by atoms with van der Waals surface area (Å²) in [6.07, 6.45) is -4.01. The van der Waals surface area contributed by atoms with Gasteiger partial charge < -0.3 is 30.3 Å². The number of ether oxygens (including phenoxy) is 1. The first-order chi connectivity index (χ1) is 21.4. The molecule has 1 saturated heterocycles. The molecule has 4 N–H and O–H groups in total. The summed E-state index contributed by atoms with van der Waals surface area (Å²) in [5, 5.41) is 35.2. The van der Waals surface area contributed by atoms with Crippen molar-refractivity contribution < 1.29 is 65.6 Å². The van der Waals surface area contributed by atoms with Crippen LogP contribution in [0.25, 0.3) is 0 Å². The number of aromatic nitrogens is 1. The number of alkyl halides is 6. The first kappa shape index (κ1) is 38.9. The van der Waals surface area contributed by atoms with Gasteiger partial charge in [-0.25, -0.2) is 9.59 Å². The van der Waals surface area contributed by atoms with Crippen LogP contribution in [-0.4, -0.2) is 82.7 Å². The summed E-state index contributed by atoms with van der Waals surface area (Å²) < 4.78 is 69.3. The Labute approximate surface area is 258 Å². The number of amides is 1. The van der Waals surface area contributed by atoms with Crippen molar-refractivity contribution in [2.75, 3.05) is 31.1 Å². The van der Waals surface area contributed by atoms with Crippen LogP contribution in [0.2, 0.25) is 0 Å². The van der Waals surface area contributed by atoms with Crippen LogP contribution in [0.15, 0.2) is 42.7 Å². The monoisotopic (exact) mass is 664 g/mol. The van der Waals surface area contributed by atoms with E-state index in [0.717, 1.165) is 37.2 Å². The average molecular weight is 665 g/mol. The first-order valence-electron chi connectivity index (χ1n) is 13.4. The first-order valence-corrected chi connectivity index (χ1v) is 13.4. The molecular formula is C28H30F6N4O8. The number of benzene rings is 1. The van der Waals surface area contributed by atoms with E-state index in [-0.39, 0.29) is 18.2 Å². The number of carboxylic acid groups (broad SMARTS) is 3. The Balaban J connectivity index is 0.000000629. The standard InChI is InChI=1S/C24H28N4O4.2C2HF3O2/c25-17-18-2-3-19(4-5-23(29)30)22(16-18)32-15-1-10-27-24(31)20-8-13-28(14-9-20)21-6-11-26-12-7-21;2*3-2(4,5)1(6)7/h2-3,6-7,11-12,16,20H,1,4-5,8-10,13-15H2,(H,27,31)(H,29,30);2*(H,6,7). The number of hydrogen-bond acceptors (Lipinski definition) is 8. The van der Waals surface area contributed by atoms with Crippen molar-refractivity contribution in [2.24, 2.45) is 5.92 Å². The highest BCUT2D eigenvalue weighted by Gasteiger charge is 2.38. The molecule has 3 rings (SSSR count). The van der Waals surface area contributed by atoms with Crippen LogP contribution in [0.4, 0.5) is 32.0 Å². The summed E-state index contributed by atoms with van der Waals surface area (Å²) in [6, 6.07) is 11.1. The van der Waals surface area contributed by atoms with E-state index < -0.39 is 30.3 Å². The number of halogens is 6. The molecular weight excluding hydrogens is 634 g/mol.